The third-order valence-electron chi connectivity index (χ3n) is 2.88. The van der Waals surface area contributed by atoms with Crippen molar-refractivity contribution in [3.05, 3.63) is 64.7 Å². The van der Waals surface area contributed by atoms with Crippen molar-refractivity contribution in [3.8, 4) is 0 Å². The number of aryl methyl sites for hydroxylation is 2. The van der Waals surface area contributed by atoms with Crippen LogP contribution in [0.1, 0.15) is 28.5 Å². The molecule has 1 aromatic carbocycles. The second kappa shape index (κ2) is 4.63. The van der Waals surface area contributed by atoms with Crippen LogP contribution in [0.2, 0.25) is 0 Å². The van der Waals surface area contributed by atoms with E-state index in [2.05, 4.69) is 4.98 Å². The quantitative estimate of drug-likeness (QED) is 0.862. The van der Waals surface area contributed by atoms with Crippen LogP contribution in [0.15, 0.2) is 36.5 Å². The Labute approximate surface area is 99.8 Å². The molecule has 0 bridgehead atoms. The lowest BCUT2D eigenvalue weighted by atomic mass is 9.97. The fourth-order valence-corrected chi connectivity index (χ4v) is 1.86. The molecule has 0 spiro atoms. The highest BCUT2D eigenvalue weighted by atomic mass is 19.1. The van der Waals surface area contributed by atoms with Gasteiger partial charge in [0.05, 0.1) is 0 Å². The van der Waals surface area contributed by atoms with Gasteiger partial charge in [-0.2, -0.15) is 0 Å². The van der Waals surface area contributed by atoms with Crippen LogP contribution >= 0.6 is 0 Å². The largest absolute Gasteiger partial charge is 0.384 e. The first-order valence-corrected chi connectivity index (χ1v) is 5.45. The lowest BCUT2D eigenvalue weighted by Crippen LogP contribution is -2.05. The number of benzene rings is 1. The Morgan fingerprint density at radius 3 is 2.65 bits per heavy atom. The summed E-state index contributed by atoms with van der Waals surface area (Å²) in [6.07, 6.45) is 0.837. The van der Waals surface area contributed by atoms with Crippen molar-refractivity contribution in [3.63, 3.8) is 0 Å². The molecule has 0 fully saturated rings. The zero-order valence-corrected chi connectivity index (χ0v) is 9.81. The number of aromatic nitrogens is 1. The van der Waals surface area contributed by atoms with Gasteiger partial charge in [0.15, 0.2) is 0 Å². The van der Waals surface area contributed by atoms with Crippen LogP contribution in [0.5, 0.6) is 0 Å². The number of aliphatic hydroxyl groups is 1. The summed E-state index contributed by atoms with van der Waals surface area (Å²) in [5.74, 6) is -0.341. The first-order valence-electron chi connectivity index (χ1n) is 5.45. The number of nitrogens with zero attached hydrogens (tertiary/aromatic N) is 1. The molecule has 17 heavy (non-hydrogen) atoms. The van der Waals surface area contributed by atoms with E-state index in [4.69, 9.17) is 0 Å². The van der Waals surface area contributed by atoms with Crippen molar-refractivity contribution in [2.45, 2.75) is 20.0 Å². The average Bonchev–Trinajstić information content (AvgIpc) is 2.32. The van der Waals surface area contributed by atoms with E-state index < -0.39 is 6.10 Å². The standard InChI is InChI=1S/C14H14FNO/c1-9-5-6-11(15)8-13(9)14(17)12-4-3-7-16-10(12)2/h3-8,14,17H,1-2H3. The van der Waals surface area contributed by atoms with Crippen LogP contribution in [0.3, 0.4) is 0 Å². The summed E-state index contributed by atoms with van der Waals surface area (Å²) in [5.41, 5.74) is 2.91. The minimum absolute atomic E-state index is 0.341. The summed E-state index contributed by atoms with van der Waals surface area (Å²) in [6.45, 7) is 3.68. The van der Waals surface area contributed by atoms with Gasteiger partial charge < -0.3 is 5.11 Å². The number of hydrogen-bond donors (Lipinski definition) is 1. The molecule has 1 heterocycles. The van der Waals surface area contributed by atoms with Gasteiger partial charge in [-0.15, -0.1) is 0 Å². The van der Waals surface area contributed by atoms with Gasteiger partial charge in [-0.05, 0) is 43.2 Å². The molecule has 0 saturated heterocycles. The fraction of sp³-hybridized carbons (Fsp3) is 0.214. The maximum atomic E-state index is 13.2. The molecular formula is C14H14FNO. The highest BCUT2D eigenvalue weighted by Gasteiger charge is 2.15. The van der Waals surface area contributed by atoms with Crippen molar-refractivity contribution in [2.24, 2.45) is 0 Å². The summed E-state index contributed by atoms with van der Waals surface area (Å²) < 4.78 is 13.2. The van der Waals surface area contributed by atoms with E-state index in [-0.39, 0.29) is 5.82 Å². The monoisotopic (exact) mass is 231 g/mol. The van der Waals surface area contributed by atoms with E-state index in [0.717, 1.165) is 11.3 Å². The Kier molecular flexibility index (Phi) is 3.20. The summed E-state index contributed by atoms with van der Waals surface area (Å²) in [4.78, 5) is 4.12. The molecule has 0 amide bonds. The zero-order chi connectivity index (χ0) is 12.4. The molecule has 1 aromatic heterocycles. The number of halogens is 1. The molecule has 1 unspecified atom stereocenters. The molecule has 0 aliphatic heterocycles. The molecule has 1 N–H and O–H groups in total. The zero-order valence-electron chi connectivity index (χ0n) is 9.81. The Morgan fingerprint density at radius 1 is 1.18 bits per heavy atom. The van der Waals surface area contributed by atoms with Crippen molar-refractivity contribution in [2.75, 3.05) is 0 Å². The van der Waals surface area contributed by atoms with E-state index in [1.54, 1.807) is 24.4 Å². The second-order valence-corrected chi connectivity index (χ2v) is 4.08. The van der Waals surface area contributed by atoms with Crippen molar-refractivity contribution in [1.82, 2.24) is 4.98 Å². The molecule has 1 atom stereocenters. The minimum Gasteiger partial charge on any atom is -0.384 e. The molecule has 2 aromatic rings. The Morgan fingerprint density at radius 2 is 1.94 bits per heavy atom. The molecule has 0 aliphatic carbocycles. The predicted octanol–water partition coefficient (Wildman–Crippen LogP) is 2.92. The van der Waals surface area contributed by atoms with E-state index in [1.807, 2.05) is 13.8 Å². The number of hydrogen-bond acceptors (Lipinski definition) is 2. The summed E-state index contributed by atoms with van der Waals surface area (Å²) >= 11 is 0. The van der Waals surface area contributed by atoms with Gasteiger partial charge >= 0.3 is 0 Å². The van der Waals surface area contributed by atoms with Gasteiger partial charge in [0.25, 0.3) is 0 Å². The summed E-state index contributed by atoms with van der Waals surface area (Å²) in [5, 5.41) is 10.3. The maximum Gasteiger partial charge on any atom is 0.123 e. The fourth-order valence-electron chi connectivity index (χ4n) is 1.86. The lowest BCUT2D eigenvalue weighted by Gasteiger charge is -2.15. The second-order valence-electron chi connectivity index (χ2n) is 4.08. The van der Waals surface area contributed by atoms with Gasteiger partial charge in [-0.25, -0.2) is 4.39 Å². The molecule has 3 heteroatoms. The Hall–Kier alpha value is -1.74. The van der Waals surface area contributed by atoms with Crippen molar-refractivity contribution < 1.29 is 9.50 Å². The van der Waals surface area contributed by atoms with Gasteiger partial charge in [0.1, 0.15) is 11.9 Å². The van der Waals surface area contributed by atoms with E-state index in [1.165, 1.54) is 12.1 Å². The average molecular weight is 231 g/mol. The Balaban J connectivity index is 2.47. The van der Waals surface area contributed by atoms with E-state index in [9.17, 15) is 9.50 Å². The van der Waals surface area contributed by atoms with E-state index >= 15 is 0 Å². The van der Waals surface area contributed by atoms with Crippen LogP contribution in [-0.2, 0) is 0 Å². The predicted molar refractivity (Wildman–Crippen MR) is 64.2 cm³/mol. The molecular weight excluding hydrogens is 217 g/mol. The SMILES string of the molecule is Cc1ccc(F)cc1C(O)c1cccnc1C. The molecule has 2 nitrogen and oxygen atoms in total. The highest BCUT2D eigenvalue weighted by Crippen LogP contribution is 2.26. The molecule has 0 radical (unpaired) electrons. The Bertz CT molecular complexity index is 539. The van der Waals surface area contributed by atoms with Crippen LogP contribution < -0.4 is 0 Å². The molecule has 88 valence electrons. The summed E-state index contributed by atoms with van der Waals surface area (Å²) in [6, 6.07) is 7.99. The van der Waals surface area contributed by atoms with Crippen LogP contribution in [0.4, 0.5) is 4.39 Å². The maximum absolute atomic E-state index is 13.2. The first-order chi connectivity index (χ1) is 8.09. The minimum atomic E-state index is -0.834. The van der Waals surface area contributed by atoms with Gasteiger partial charge in [-0.1, -0.05) is 12.1 Å². The normalized spacial score (nSPS) is 12.5. The molecule has 0 aliphatic rings. The molecule has 2 rings (SSSR count). The van der Waals surface area contributed by atoms with Gasteiger partial charge in [0, 0.05) is 17.5 Å². The van der Waals surface area contributed by atoms with E-state index in [0.29, 0.717) is 11.1 Å². The smallest absolute Gasteiger partial charge is 0.123 e. The molecule has 0 saturated carbocycles. The van der Waals surface area contributed by atoms with Gasteiger partial charge in [0.2, 0.25) is 0 Å². The number of aliphatic hydroxyl groups excluding tert-OH is 1. The third-order valence-corrected chi connectivity index (χ3v) is 2.88. The highest BCUT2D eigenvalue weighted by molar-refractivity contribution is 5.36. The van der Waals surface area contributed by atoms with Crippen molar-refractivity contribution in [1.29, 1.82) is 0 Å². The number of pyridine rings is 1. The third kappa shape index (κ3) is 2.34. The van der Waals surface area contributed by atoms with Crippen LogP contribution in [-0.4, -0.2) is 10.1 Å². The van der Waals surface area contributed by atoms with Gasteiger partial charge in [-0.3, -0.25) is 4.98 Å². The lowest BCUT2D eigenvalue weighted by molar-refractivity contribution is 0.217. The van der Waals surface area contributed by atoms with Crippen LogP contribution in [0.25, 0.3) is 0 Å². The van der Waals surface area contributed by atoms with Crippen molar-refractivity contribution >= 4 is 0 Å². The summed E-state index contributed by atoms with van der Waals surface area (Å²) in [7, 11) is 0. The number of rotatable bonds is 2. The topological polar surface area (TPSA) is 33.1 Å². The van der Waals surface area contributed by atoms with Crippen LogP contribution in [0, 0.1) is 19.7 Å². The first kappa shape index (κ1) is 11.7.